The fourth-order valence-electron chi connectivity index (χ4n) is 3.68. The van der Waals surface area contributed by atoms with Crippen molar-refractivity contribution in [1.82, 2.24) is 9.13 Å². The predicted octanol–water partition coefficient (Wildman–Crippen LogP) is 3.87. The summed E-state index contributed by atoms with van der Waals surface area (Å²) in [6, 6.07) is 18.8. The summed E-state index contributed by atoms with van der Waals surface area (Å²) in [4.78, 5) is 0. The van der Waals surface area contributed by atoms with E-state index >= 15 is 0 Å². The molecule has 0 saturated carbocycles. The van der Waals surface area contributed by atoms with Gasteiger partial charge in [-0.05, 0) is 36.4 Å². The third-order valence-corrected chi connectivity index (χ3v) is 4.95. The number of benzene rings is 2. The van der Waals surface area contributed by atoms with Gasteiger partial charge in [0.05, 0.1) is 13.3 Å². The van der Waals surface area contributed by atoms with Crippen LogP contribution in [-0.4, -0.2) is 16.2 Å². The van der Waals surface area contributed by atoms with Crippen LogP contribution in [0.4, 0.5) is 0 Å². The van der Waals surface area contributed by atoms with Crippen molar-refractivity contribution in [3.63, 3.8) is 0 Å². The summed E-state index contributed by atoms with van der Waals surface area (Å²) >= 11 is 0. The van der Waals surface area contributed by atoms with Crippen molar-refractivity contribution in [3.8, 4) is 11.4 Å². The number of rotatable bonds is 2. The van der Waals surface area contributed by atoms with Gasteiger partial charge in [0, 0.05) is 23.3 Å². The molecule has 25 heavy (non-hydrogen) atoms. The lowest BCUT2D eigenvalue weighted by Gasteiger charge is -1.99. The van der Waals surface area contributed by atoms with Crippen molar-refractivity contribution in [3.05, 3.63) is 73.3 Å². The van der Waals surface area contributed by atoms with E-state index in [9.17, 15) is 0 Å². The van der Waals surface area contributed by atoms with Crippen LogP contribution in [0.15, 0.2) is 73.3 Å². The maximum Gasteiger partial charge on any atom is 0.254 e. The topological polar surface area (TPSA) is 23.2 Å². The van der Waals surface area contributed by atoms with Crippen molar-refractivity contribution in [2.24, 2.45) is 7.05 Å². The number of pyridine rings is 1. The van der Waals surface area contributed by atoms with Crippen LogP contribution in [0.1, 0.15) is 0 Å². The van der Waals surface area contributed by atoms with E-state index in [4.69, 9.17) is 4.74 Å². The van der Waals surface area contributed by atoms with Gasteiger partial charge in [0.25, 0.3) is 6.33 Å². The van der Waals surface area contributed by atoms with Gasteiger partial charge in [0.15, 0.2) is 5.52 Å². The molecule has 0 radical (unpaired) electrons. The molecule has 0 aliphatic heterocycles. The lowest BCUT2D eigenvalue weighted by Crippen LogP contribution is -2.18. The van der Waals surface area contributed by atoms with Gasteiger partial charge in [0.2, 0.25) is 0 Å². The van der Waals surface area contributed by atoms with E-state index in [0.29, 0.717) is 0 Å². The fourth-order valence-corrected chi connectivity index (χ4v) is 3.68. The van der Waals surface area contributed by atoms with Crippen LogP contribution in [0.5, 0.6) is 5.75 Å². The zero-order valence-corrected chi connectivity index (χ0v) is 14.2. The molecule has 0 saturated heterocycles. The number of aryl methyl sites for hydroxylation is 1. The zero-order valence-electron chi connectivity index (χ0n) is 14.2. The third kappa shape index (κ3) is 1.97. The van der Waals surface area contributed by atoms with Crippen molar-refractivity contribution in [1.29, 1.82) is 0 Å². The lowest BCUT2D eigenvalue weighted by molar-refractivity contribution is -0.510. The Morgan fingerprint density at radius 3 is 2.52 bits per heavy atom. The largest absolute Gasteiger partial charge is 0.497 e. The molecule has 0 bridgehead atoms. The monoisotopic (exact) mass is 328 g/mol. The Hall–Kier alpha value is -3.27. The summed E-state index contributed by atoms with van der Waals surface area (Å²) in [7, 11) is 3.82. The highest BCUT2D eigenvalue weighted by molar-refractivity contribution is 6.11. The smallest absolute Gasteiger partial charge is 0.254 e. The van der Waals surface area contributed by atoms with Crippen molar-refractivity contribution < 1.29 is 9.14 Å². The Morgan fingerprint density at radius 2 is 1.72 bits per heavy atom. The number of fused-ring (bicyclic) bond motifs is 5. The van der Waals surface area contributed by atoms with Crippen LogP contribution in [0, 0.1) is 0 Å². The fraction of sp³-hybridized carbons (Fsp3) is 0.0952. The first-order valence-electron chi connectivity index (χ1n) is 8.30. The van der Waals surface area contributed by atoms with E-state index in [1.807, 2.05) is 12.1 Å². The molecule has 0 fully saturated rings. The minimum atomic E-state index is 0.865. The predicted molar refractivity (Wildman–Crippen MR) is 99.5 cm³/mol. The van der Waals surface area contributed by atoms with Crippen molar-refractivity contribution in [2.45, 2.75) is 0 Å². The molecule has 0 amide bonds. The highest BCUT2D eigenvalue weighted by Crippen LogP contribution is 2.29. The van der Waals surface area contributed by atoms with Gasteiger partial charge in [-0.15, -0.1) is 0 Å². The van der Waals surface area contributed by atoms with Crippen LogP contribution < -0.4 is 9.14 Å². The van der Waals surface area contributed by atoms with E-state index in [1.165, 1.54) is 27.3 Å². The quantitative estimate of drug-likeness (QED) is 0.451. The summed E-state index contributed by atoms with van der Waals surface area (Å²) in [5, 5.41) is 2.57. The zero-order chi connectivity index (χ0) is 17.0. The Bertz CT molecular complexity index is 1230. The number of aromatic nitrogens is 3. The summed E-state index contributed by atoms with van der Waals surface area (Å²) in [6.45, 7) is 0. The molecule has 4 heteroatoms. The standard InChI is InChI=1S/C21H18N3O/c1-22-19-6-4-3-5-17(19)18-11-12-23-14-24(13-20(23)21(18)22)15-7-9-16(25-2)10-8-15/h3-14H,1-2H3/q+1. The molecular weight excluding hydrogens is 310 g/mol. The van der Waals surface area contributed by atoms with Crippen LogP contribution >= 0.6 is 0 Å². The molecule has 3 aromatic heterocycles. The maximum absolute atomic E-state index is 5.25. The van der Waals surface area contributed by atoms with Crippen LogP contribution in [-0.2, 0) is 7.05 Å². The maximum atomic E-state index is 5.25. The van der Waals surface area contributed by atoms with Crippen LogP contribution in [0.25, 0.3) is 33.0 Å². The van der Waals surface area contributed by atoms with Crippen LogP contribution in [0.3, 0.4) is 0 Å². The van der Waals surface area contributed by atoms with Crippen molar-refractivity contribution >= 4 is 27.3 Å². The minimum Gasteiger partial charge on any atom is -0.497 e. The Kier molecular flexibility index (Phi) is 2.88. The molecule has 0 aliphatic rings. The number of hydrogen-bond acceptors (Lipinski definition) is 1. The van der Waals surface area contributed by atoms with Gasteiger partial charge in [-0.25, -0.2) is 8.97 Å². The molecule has 122 valence electrons. The molecule has 0 spiro atoms. The first-order chi connectivity index (χ1) is 12.3. The van der Waals surface area contributed by atoms with E-state index in [-0.39, 0.29) is 0 Å². The Morgan fingerprint density at radius 1 is 0.920 bits per heavy atom. The number of hydrogen-bond donors (Lipinski definition) is 0. The van der Waals surface area contributed by atoms with Gasteiger partial charge in [-0.2, -0.15) is 0 Å². The number of nitrogens with zero attached hydrogens (tertiary/aromatic N) is 3. The number of ether oxygens (including phenoxy) is 1. The van der Waals surface area contributed by atoms with E-state index in [1.54, 1.807) is 7.11 Å². The summed E-state index contributed by atoms with van der Waals surface area (Å²) in [5.41, 5.74) is 4.79. The Labute approximate surface area is 145 Å². The first kappa shape index (κ1) is 14.1. The molecule has 3 heterocycles. The second-order valence-corrected chi connectivity index (χ2v) is 6.30. The van der Waals surface area contributed by atoms with E-state index in [2.05, 4.69) is 81.8 Å². The summed E-state index contributed by atoms with van der Waals surface area (Å²) in [5.74, 6) is 0.865. The highest BCUT2D eigenvalue weighted by atomic mass is 16.5. The second kappa shape index (κ2) is 5.11. The molecule has 0 unspecified atom stereocenters. The molecule has 4 nitrogen and oxygen atoms in total. The van der Waals surface area contributed by atoms with E-state index < -0.39 is 0 Å². The van der Waals surface area contributed by atoms with Gasteiger partial charge >= 0.3 is 0 Å². The molecule has 5 aromatic rings. The molecular formula is C21H18N3O+. The van der Waals surface area contributed by atoms with E-state index in [0.717, 1.165) is 11.4 Å². The van der Waals surface area contributed by atoms with Gasteiger partial charge in [-0.1, -0.05) is 18.2 Å². The first-order valence-corrected chi connectivity index (χ1v) is 8.30. The summed E-state index contributed by atoms with van der Waals surface area (Å²) in [6.07, 6.45) is 6.42. The molecule has 0 N–H and O–H groups in total. The Balaban J connectivity index is 1.80. The minimum absolute atomic E-state index is 0.865. The number of imidazole rings is 1. The van der Waals surface area contributed by atoms with Gasteiger partial charge in [0.1, 0.15) is 23.2 Å². The number of para-hydroxylation sites is 1. The normalized spacial score (nSPS) is 11.6. The van der Waals surface area contributed by atoms with Crippen LogP contribution in [0.2, 0.25) is 0 Å². The second-order valence-electron chi connectivity index (χ2n) is 6.30. The average Bonchev–Trinajstić information content (AvgIpc) is 3.22. The van der Waals surface area contributed by atoms with Crippen molar-refractivity contribution in [2.75, 3.05) is 7.11 Å². The molecule has 5 rings (SSSR count). The average molecular weight is 328 g/mol. The molecule has 0 aliphatic carbocycles. The lowest BCUT2D eigenvalue weighted by atomic mass is 10.2. The number of methoxy groups -OCH3 is 1. The van der Waals surface area contributed by atoms with Gasteiger partial charge < -0.3 is 9.30 Å². The summed E-state index contributed by atoms with van der Waals surface area (Å²) < 4.78 is 11.8. The molecule has 0 atom stereocenters. The molecule has 2 aromatic carbocycles. The highest BCUT2D eigenvalue weighted by Gasteiger charge is 2.17. The SMILES string of the molecule is COc1ccc(-n2cc3c4c(cc[n+]3c2)c2ccccc2n4C)cc1. The van der Waals surface area contributed by atoms with Gasteiger partial charge in [-0.3, -0.25) is 0 Å². The third-order valence-electron chi connectivity index (χ3n) is 4.95.